The quantitative estimate of drug-likeness (QED) is 0.706. The molecule has 1 aliphatic heterocycles. The maximum Gasteiger partial charge on any atom is 0.341 e. The van der Waals surface area contributed by atoms with E-state index in [1.165, 1.54) is 5.56 Å². The topological polar surface area (TPSA) is 42.2 Å². The van der Waals surface area contributed by atoms with Crippen LogP contribution >= 0.6 is 0 Å². The number of rotatable bonds is 0. The second-order valence-electron chi connectivity index (χ2n) is 4.71. The van der Waals surface area contributed by atoms with Crippen molar-refractivity contribution in [3.63, 3.8) is 0 Å². The van der Waals surface area contributed by atoms with Gasteiger partial charge in [0.05, 0.1) is 11.3 Å². The molecule has 88 valence electrons. The normalized spacial score (nSPS) is 14.5. The number of hydrogen-bond donors (Lipinski definition) is 1. The van der Waals surface area contributed by atoms with Gasteiger partial charge in [-0.25, -0.2) is 4.79 Å². The Balaban J connectivity index is 2.43. The van der Waals surface area contributed by atoms with Crippen LogP contribution < -0.4 is 10.9 Å². The molecule has 17 heavy (non-hydrogen) atoms. The molecule has 3 nitrogen and oxygen atoms in total. The van der Waals surface area contributed by atoms with Crippen molar-refractivity contribution in [1.82, 2.24) is 0 Å². The molecule has 1 aliphatic rings. The molecule has 2 heterocycles. The molecule has 3 heteroatoms. The Kier molecular flexibility index (Phi) is 2.21. The highest BCUT2D eigenvalue weighted by Crippen LogP contribution is 2.30. The van der Waals surface area contributed by atoms with Crippen LogP contribution in [-0.4, -0.2) is 6.54 Å². The molecule has 0 spiro atoms. The predicted octanol–water partition coefficient (Wildman–Crippen LogP) is 2.77. The van der Waals surface area contributed by atoms with Crippen molar-refractivity contribution in [2.45, 2.75) is 26.7 Å². The molecule has 0 amide bonds. The van der Waals surface area contributed by atoms with Crippen LogP contribution in [0.15, 0.2) is 21.3 Å². The third-order valence-electron chi connectivity index (χ3n) is 3.52. The first-order valence-electron chi connectivity index (χ1n) is 5.97. The van der Waals surface area contributed by atoms with Gasteiger partial charge in [-0.3, -0.25) is 0 Å². The summed E-state index contributed by atoms with van der Waals surface area (Å²) in [5.74, 6) is 0. The lowest BCUT2D eigenvalue weighted by Gasteiger charge is -2.18. The summed E-state index contributed by atoms with van der Waals surface area (Å²) in [7, 11) is 0. The van der Waals surface area contributed by atoms with Crippen molar-refractivity contribution < 1.29 is 4.42 Å². The Morgan fingerprint density at radius 2 is 2.00 bits per heavy atom. The maximum absolute atomic E-state index is 11.9. The number of aryl methyl sites for hydroxylation is 2. The molecule has 0 fully saturated rings. The summed E-state index contributed by atoms with van der Waals surface area (Å²) in [6.45, 7) is 5.04. The minimum atomic E-state index is -0.192. The maximum atomic E-state index is 11.9. The van der Waals surface area contributed by atoms with Crippen LogP contribution in [0.25, 0.3) is 11.0 Å². The van der Waals surface area contributed by atoms with E-state index < -0.39 is 0 Å². The van der Waals surface area contributed by atoms with Gasteiger partial charge in [0.25, 0.3) is 0 Å². The van der Waals surface area contributed by atoms with Crippen molar-refractivity contribution in [2.75, 3.05) is 11.9 Å². The molecule has 3 rings (SSSR count). The van der Waals surface area contributed by atoms with E-state index in [1.54, 1.807) is 0 Å². The summed E-state index contributed by atoms with van der Waals surface area (Å²) in [6, 6.07) is 4.05. The van der Waals surface area contributed by atoms with E-state index in [2.05, 4.69) is 18.3 Å². The van der Waals surface area contributed by atoms with Gasteiger partial charge in [-0.2, -0.15) is 0 Å². The van der Waals surface area contributed by atoms with Crippen LogP contribution in [0.5, 0.6) is 0 Å². The highest BCUT2D eigenvalue weighted by atomic mass is 16.4. The number of benzene rings is 1. The van der Waals surface area contributed by atoms with E-state index in [0.717, 1.165) is 41.6 Å². The minimum absolute atomic E-state index is 0.192. The fourth-order valence-electron chi connectivity index (χ4n) is 2.40. The lowest BCUT2D eigenvalue weighted by atomic mass is 10.00. The Labute approximate surface area is 99.4 Å². The second kappa shape index (κ2) is 3.62. The van der Waals surface area contributed by atoms with Gasteiger partial charge in [-0.15, -0.1) is 0 Å². The molecule has 0 saturated heterocycles. The largest absolute Gasteiger partial charge is 0.422 e. The fourth-order valence-corrected chi connectivity index (χ4v) is 2.40. The van der Waals surface area contributed by atoms with E-state index in [4.69, 9.17) is 4.42 Å². The molecule has 1 aromatic carbocycles. The Bertz CT molecular complexity index is 655. The molecule has 0 radical (unpaired) electrons. The van der Waals surface area contributed by atoms with Gasteiger partial charge in [0, 0.05) is 11.9 Å². The van der Waals surface area contributed by atoms with Gasteiger partial charge >= 0.3 is 5.63 Å². The minimum Gasteiger partial charge on any atom is -0.422 e. The second-order valence-corrected chi connectivity index (χ2v) is 4.71. The highest BCUT2D eigenvalue weighted by Gasteiger charge is 2.17. The molecule has 0 saturated carbocycles. The first-order chi connectivity index (χ1) is 8.16. The lowest BCUT2D eigenvalue weighted by Crippen LogP contribution is -2.19. The first-order valence-corrected chi connectivity index (χ1v) is 5.97. The summed E-state index contributed by atoms with van der Waals surface area (Å²) in [6.07, 6.45) is 1.81. The van der Waals surface area contributed by atoms with Crippen LogP contribution in [0.4, 0.5) is 5.69 Å². The van der Waals surface area contributed by atoms with Crippen molar-refractivity contribution in [2.24, 2.45) is 0 Å². The molecular weight excluding hydrogens is 214 g/mol. The van der Waals surface area contributed by atoms with E-state index >= 15 is 0 Å². The standard InChI is InChI=1S/C14H15NO2/c1-8-6-11-12(7-9(8)2)17-14(16)10-4-3-5-15-13(10)11/h6-7,15H,3-5H2,1-2H3. The van der Waals surface area contributed by atoms with Gasteiger partial charge in [0.1, 0.15) is 5.58 Å². The molecule has 1 aromatic heterocycles. The molecule has 0 bridgehead atoms. The van der Waals surface area contributed by atoms with Crippen LogP contribution in [-0.2, 0) is 6.42 Å². The average Bonchev–Trinajstić information content (AvgIpc) is 2.32. The Morgan fingerprint density at radius 1 is 1.24 bits per heavy atom. The van der Waals surface area contributed by atoms with Crippen LogP contribution in [0.1, 0.15) is 23.1 Å². The van der Waals surface area contributed by atoms with Gasteiger partial charge in [-0.1, -0.05) is 0 Å². The van der Waals surface area contributed by atoms with E-state index in [9.17, 15) is 4.79 Å². The summed E-state index contributed by atoms with van der Waals surface area (Å²) >= 11 is 0. The lowest BCUT2D eigenvalue weighted by molar-refractivity contribution is 0.546. The number of nitrogens with one attached hydrogen (secondary N) is 1. The van der Waals surface area contributed by atoms with Gasteiger partial charge in [0.2, 0.25) is 0 Å². The van der Waals surface area contributed by atoms with Gasteiger partial charge < -0.3 is 9.73 Å². The molecule has 1 N–H and O–H groups in total. The summed E-state index contributed by atoms with van der Waals surface area (Å²) in [5.41, 5.74) is 4.64. The molecule has 0 unspecified atom stereocenters. The number of fused-ring (bicyclic) bond motifs is 3. The van der Waals surface area contributed by atoms with Crippen molar-refractivity contribution in [3.05, 3.63) is 39.2 Å². The van der Waals surface area contributed by atoms with Crippen LogP contribution in [0, 0.1) is 13.8 Å². The van der Waals surface area contributed by atoms with Crippen molar-refractivity contribution in [3.8, 4) is 0 Å². The summed E-state index contributed by atoms with van der Waals surface area (Å²) in [5, 5.41) is 4.36. The summed E-state index contributed by atoms with van der Waals surface area (Å²) < 4.78 is 5.40. The van der Waals surface area contributed by atoms with Crippen LogP contribution in [0.2, 0.25) is 0 Å². The van der Waals surface area contributed by atoms with E-state index in [0.29, 0.717) is 5.58 Å². The SMILES string of the molecule is Cc1cc2oc(=O)c3c(c2cc1C)NCCC3. The zero-order chi connectivity index (χ0) is 12.0. The van der Waals surface area contributed by atoms with Gasteiger partial charge in [0.15, 0.2) is 0 Å². The molecular formula is C14H15NO2. The third-order valence-corrected chi connectivity index (χ3v) is 3.52. The molecule has 0 aliphatic carbocycles. The Morgan fingerprint density at radius 3 is 2.82 bits per heavy atom. The predicted molar refractivity (Wildman–Crippen MR) is 68.8 cm³/mol. The highest BCUT2D eigenvalue weighted by molar-refractivity contribution is 5.92. The van der Waals surface area contributed by atoms with Crippen LogP contribution in [0.3, 0.4) is 0 Å². The number of anilines is 1. The average molecular weight is 229 g/mol. The first kappa shape index (κ1) is 10.4. The molecule has 2 aromatic rings. The zero-order valence-corrected chi connectivity index (χ0v) is 10.1. The van der Waals surface area contributed by atoms with E-state index in [1.807, 2.05) is 13.0 Å². The fraction of sp³-hybridized carbons (Fsp3) is 0.357. The third kappa shape index (κ3) is 1.54. The van der Waals surface area contributed by atoms with Gasteiger partial charge in [-0.05, 0) is 49.9 Å². The van der Waals surface area contributed by atoms with Crippen molar-refractivity contribution >= 4 is 16.7 Å². The Hall–Kier alpha value is -1.77. The van der Waals surface area contributed by atoms with Crippen molar-refractivity contribution in [1.29, 1.82) is 0 Å². The zero-order valence-electron chi connectivity index (χ0n) is 10.1. The molecule has 0 atom stereocenters. The smallest absolute Gasteiger partial charge is 0.341 e. The van der Waals surface area contributed by atoms with E-state index in [-0.39, 0.29) is 5.63 Å². The number of hydrogen-bond acceptors (Lipinski definition) is 3. The monoisotopic (exact) mass is 229 g/mol. The summed E-state index contributed by atoms with van der Waals surface area (Å²) in [4.78, 5) is 11.9.